The van der Waals surface area contributed by atoms with Crippen LogP contribution in [0.25, 0.3) is 10.8 Å². The van der Waals surface area contributed by atoms with E-state index in [1.54, 1.807) is 0 Å². The van der Waals surface area contributed by atoms with Crippen molar-refractivity contribution in [3.05, 3.63) is 70.4 Å². The van der Waals surface area contributed by atoms with Crippen molar-refractivity contribution in [2.45, 2.75) is 44.4 Å². The summed E-state index contributed by atoms with van der Waals surface area (Å²) in [6.45, 7) is 0. The van der Waals surface area contributed by atoms with Gasteiger partial charge in [-0.1, -0.05) is 80.6 Å². The van der Waals surface area contributed by atoms with E-state index in [-0.39, 0.29) is 0 Å². The molecular weight excluding hydrogens is 296 g/mol. The molecule has 1 saturated carbocycles. The zero-order valence-electron chi connectivity index (χ0n) is 13.6. The standard InChI is InChI=1S/C22H24S/c1-2-7-17(8-3-1)15-21(22-11-6-14-23-22)20-13-12-18-9-4-5-10-19(18)16-20/h4-6,9-14,16-17,21H,1-3,7-8,15H2/t21-/m0/s1. The minimum atomic E-state index is 0.572. The van der Waals surface area contributed by atoms with Gasteiger partial charge in [0.05, 0.1) is 0 Å². The van der Waals surface area contributed by atoms with Crippen LogP contribution < -0.4 is 0 Å². The first-order valence-corrected chi connectivity index (χ1v) is 9.80. The highest BCUT2D eigenvalue weighted by molar-refractivity contribution is 7.10. The summed E-state index contributed by atoms with van der Waals surface area (Å²) >= 11 is 1.92. The van der Waals surface area contributed by atoms with Gasteiger partial charge in [0.2, 0.25) is 0 Å². The van der Waals surface area contributed by atoms with Gasteiger partial charge in [-0.05, 0) is 40.1 Å². The predicted molar refractivity (Wildman–Crippen MR) is 101 cm³/mol. The normalized spacial score (nSPS) is 17.4. The lowest BCUT2D eigenvalue weighted by Crippen LogP contribution is -2.11. The van der Waals surface area contributed by atoms with Gasteiger partial charge in [0, 0.05) is 10.8 Å². The van der Waals surface area contributed by atoms with Gasteiger partial charge in [0.15, 0.2) is 0 Å². The van der Waals surface area contributed by atoms with E-state index in [1.165, 1.54) is 59.7 Å². The van der Waals surface area contributed by atoms with Crippen LogP contribution in [0.2, 0.25) is 0 Å². The summed E-state index contributed by atoms with van der Waals surface area (Å²) in [6, 6.07) is 20.3. The lowest BCUT2D eigenvalue weighted by Gasteiger charge is -2.26. The molecule has 0 radical (unpaired) electrons. The van der Waals surface area contributed by atoms with E-state index in [2.05, 4.69) is 60.0 Å². The molecule has 0 nitrogen and oxygen atoms in total. The fraction of sp³-hybridized carbons (Fsp3) is 0.364. The first kappa shape index (κ1) is 15.0. The fourth-order valence-electron chi connectivity index (χ4n) is 4.09. The van der Waals surface area contributed by atoms with Crippen LogP contribution in [-0.4, -0.2) is 0 Å². The van der Waals surface area contributed by atoms with Gasteiger partial charge in [0.25, 0.3) is 0 Å². The van der Waals surface area contributed by atoms with Crippen molar-refractivity contribution in [3.8, 4) is 0 Å². The molecule has 1 aromatic heterocycles. The van der Waals surface area contributed by atoms with Crippen molar-refractivity contribution in [2.24, 2.45) is 5.92 Å². The summed E-state index contributed by atoms with van der Waals surface area (Å²) in [5, 5.41) is 4.94. The van der Waals surface area contributed by atoms with Crippen molar-refractivity contribution in [1.29, 1.82) is 0 Å². The Morgan fingerprint density at radius 1 is 0.870 bits per heavy atom. The van der Waals surface area contributed by atoms with Crippen molar-refractivity contribution in [3.63, 3.8) is 0 Å². The van der Waals surface area contributed by atoms with Gasteiger partial charge >= 0.3 is 0 Å². The van der Waals surface area contributed by atoms with Gasteiger partial charge in [-0.25, -0.2) is 0 Å². The van der Waals surface area contributed by atoms with Crippen LogP contribution in [-0.2, 0) is 0 Å². The molecule has 1 fully saturated rings. The lowest BCUT2D eigenvalue weighted by molar-refractivity contribution is 0.328. The Bertz CT molecular complexity index is 751. The molecular formula is C22H24S. The van der Waals surface area contributed by atoms with Crippen LogP contribution in [0.5, 0.6) is 0 Å². The Kier molecular flexibility index (Phi) is 4.48. The highest BCUT2D eigenvalue weighted by Gasteiger charge is 2.22. The minimum Gasteiger partial charge on any atom is -0.148 e. The third kappa shape index (κ3) is 3.35. The van der Waals surface area contributed by atoms with Gasteiger partial charge in [-0.15, -0.1) is 11.3 Å². The van der Waals surface area contributed by atoms with E-state index in [1.807, 2.05) is 11.3 Å². The second-order valence-corrected chi connectivity index (χ2v) is 7.89. The summed E-state index contributed by atoms with van der Waals surface area (Å²) < 4.78 is 0. The molecule has 0 amide bonds. The molecule has 2 aromatic carbocycles. The average Bonchev–Trinajstić information content (AvgIpc) is 3.14. The van der Waals surface area contributed by atoms with E-state index < -0.39 is 0 Å². The topological polar surface area (TPSA) is 0 Å². The minimum absolute atomic E-state index is 0.572. The van der Waals surface area contributed by atoms with E-state index in [4.69, 9.17) is 0 Å². The Hall–Kier alpha value is -1.60. The number of thiophene rings is 1. The summed E-state index contributed by atoms with van der Waals surface area (Å²) in [7, 11) is 0. The number of hydrogen-bond donors (Lipinski definition) is 0. The highest BCUT2D eigenvalue weighted by atomic mass is 32.1. The van der Waals surface area contributed by atoms with Gasteiger partial charge in [0.1, 0.15) is 0 Å². The molecule has 1 heterocycles. The molecule has 23 heavy (non-hydrogen) atoms. The smallest absolute Gasteiger partial charge is 0.0186 e. The predicted octanol–water partition coefficient (Wildman–Crippen LogP) is 7.00. The maximum Gasteiger partial charge on any atom is 0.0186 e. The summed E-state index contributed by atoms with van der Waals surface area (Å²) in [5.74, 6) is 1.48. The van der Waals surface area contributed by atoms with Gasteiger partial charge < -0.3 is 0 Å². The van der Waals surface area contributed by atoms with Crippen molar-refractivity contribution < 1.29 is 0 Å². The largest absolute Gasteiger partial charge is 0.148 e. The molecule has 0 N–H and O–H groups in total. The molecule has 118 valence electrons. The van der Waals surface area contributed by atoms with Crippen molar-refractivity contribution in [1.82, 2.24) is 0 Å². The summed E-state index contributed by atoms with van der Waals surface area (Å²) in [4.78, 5) is 1.53. The molecule has 1 aliphatic rings. The van der Waals surface area contributed by atoms with Gasteiger partial charge in [-0.2, -0.15) is 0 Å². The zero-order valence-corrected chi connectivity index (χ0v) is 14.4. The fourth-order valence-corrected chi connectivity index (χ4v) is 4.95. The van der Waals surface area contributed by atoms with E-state index in [0.29, 0.717) is 5.92 Å². The Morgan fingerprint density at radius 2 is 1.70 bits per heavy atom. The quantitative estimate of drug-likeness (QED) is 0.485. The molecule has 0 saturated heterocycles. The SMILES string of the molecule is c1csc([C@@H](CC2CCCCC2)c2ccc3ccccc3c2)c1. The maximum atomic E-state index is 2.42. The first-order chi connectivity index (χ1) is 11.4. The van der Waals surface area contributed by atoms with Crippen LogP contribution in [0.3, 0.4) is 0 Å². The summed E-state index contributed by atoms with van der Waals surface area (Å²) in [5.41, 5.74) is 1.50. The zero-order chi connectivity index (χ0) is 15.5. The molecule has 0 unspecified atom stereocenters. The molecule has 1 atom stereocenters. The van der Waals surface area contributed by atoms with Crippen LogP contribution >= 0.6 is 11.3 Å². The van der Waals surface area contributed by atoms with Crippen molar-refractivity contribution in [2.75, 3.05) is 0 Å². The van der Waals surface area contributed by atoms with Crippen LogP contribution in [0.15, 0.2) is 60.0 Å². The van der Waals surface area contributed by atoms with Crippen LogP contribution in [0.4, 0.5) is 0 Å². The third-order valence-electron chi connectivity index (χ3n) is 5.36. The monoisotopic (exact) mass is 320 g/mol. The number of rotatable bonds is 4. The number of fused-ring (bicyclic) bond motifs is 1. The molecule has 1 heteroatoms. The van der Waals surface area contributed by atoms with Crippen LogP contribution in [0.1, 0.15) is 54.9 Å². The molecule has 0 spiro atoms. The average molecular weight is 321 g/mol. The third-order valence-corrected chi connectivity index (χ3v) is 6.34. The number of hydrogen-bond acceptors (Lipinski definition) is 1. The first-order valence-electron chi connectivity index (χ1n) is 8.92. The molecule has 0 aliphatic heterocycles. The Balaban J connectivity index is 1.68. The molecule has 4 rings (SSSR count). The lowest BCUT2D eigenvalue weighted by atomic mass is 9.80. The second-order valence-electron chi connectivity index (χ2n) is 6.91. The Morgan fingerprint density at radius 3 is 2.48 bits per heavy atom. The van der Waals surface area contributed by atoms with Gasteiger partial charge in [-0.3, -0.25) is 0 Å². The number of benzene rings is 2. The Labute approximate surface area is 143 Å². The van der Waals surface area contributed by atoms with Crippen molar-refractivity contribution >= 4 is 22.1 Å². The summed E-state index contributed by atoms with van der Waals surface area (Å²) in [6.07, 6.45) is 8.47. The van der Waals surface area contributed by atoms with Crippen LogP contribution in [0, 0.1) is 5.92 Å². The molecule has 3 aromatic rings. The van der Waals surface area contributed by atoms with E-state index in [9.17, 15) is 0 Å². The van der Waals surface area contributed by atoms with E-state index in [0.717, 1.165) is 5.92 Å². The highest BCUT2D eigenvalue weighted by Crippen LogP contribution is 2.39. The molecule has 1 aliphatic carbocycles. The maximum absolute atomic E-state index is 2.42. The van der Waals surface area contributed by atoms with E-state index >= 15 is 0 Å². The molecule has 0 bridgehead atoms. The second kappa shape index (κ2) is 6.88.